The Bertz CT molecular complexity index is 610. The molecule has 0 saturated carbocycles. The Morgan fingerprint density at radius 1 is 1.25 bits per heavy atom. The van der Waals surface area contributed by atoms with Gasteiger partial charge in [0, 0.05) is 13.8 Å². The van der Waals surface area contributed by atoms with Crippen LogP contribution in [0, 0.1) is 0 Å². The van der Waals surface area contributed by atoms with Gasteiger partial charge in [-0.2, -0.15) is 0 Å². The second kappa shape index (κ2) is 4.04. The van der Waals surface area contributed by atoms with Crippen molar-refractivity contribution in [1.29, 1.82) is 0 Å². The molecule has 0 aromatic rings. The Morgan fingerprint density at radius 2 is 1.85 bits per heavy atom. The molecule has 9 nitrogen and oxygen atoms in total. The quantitative estimate of drug-likeness (QED) is 0.560. The number of fused-ring (bicyclic) bond motifs is 1. The van der Waals surface area contributed by atoms with Gasteiger partial charge in [-0.1, -0.05) is 0 Å². The van der Waals surface area contributed by atoms with E-state index in [1.165, 1.54) is 0 Å². The molecule has 2 aliphatic rings. The zero-order chi connectivity index (χ0) is 15.3. The molecule has 2 aliphatic heterocycles. The molecule has 1 fully saturated rings. The van der Waals surface area contributed by atoms with Gasteiger partial charge in [-0.3, -0.25) is 29.8 Å². The largest absolute Gasteiger partial charge is 0.311 e. The first kappa shape index (κ1) is 14.0. The Labute approximate surface area is 113 Å². The van der Waals surface area contributed by atoms with Crippen molar-refractivity contribution >= 4 is 35.6 Å². The van der Waals surface area contributed by atoms with Crippen LogP contribution in [-0.4, -0.2) is 51.8 Å². The van der Waals surface area contributed by atoms with Crippen molar-refractivity contribution in [2.24, 2.45) is 15.7 Å². The van der Waals surface area contributed by atoms with E-state index < -0.39 is 34.7 Å². The molecule has 0 aliphatic carbocycles. The number of nitrogens with zero attached hydrogens (tertiary/aromatic N) is 3. The predicted molar refractivity (Wildman–Crippen MR) is 67.6 cm³/mol. The topological polar surface area (TPSA) is 134 Å². The zero-order valence-electron chi connectivity index (χ0n) is 11.1. The summed E-state index contributed by atoms with van der Waals surface area (Å²) in [4.78, 5) is 56.0. The number of aliphatic imine (C=N–C) groups is 2. The lowest BCUT2D eigenvalue weighted by Gasteiger charge is -2.46. The molecular weight excluding hydrogens is 266 g/mol. The number of amides is 2. The Balaban J connectivity index is 2.68. The van der Waals surface area contributed by atoms with E-state index in [1.807, 2.05) is 0 Å². The molecular formula is C11H13N5O4. The third-order valence-corrected chi connectivity index (χ3v) is 3.31. The number of Topliss-reactive ketones (excluding diaryl/α,β-unsaturated/α-hetero) is 2. The molecule has 0 aromatic heterocycles. The molecule has 1 saturated heterocycles. The van der Waals surface area contributed by atoms with E-state index in [4.69, 9.17) is 5.73 Å². The van der Waals surface area contributed by atoms with Crippen molar-refractivity contribution in [2.75, 3.05) is 0 Å². The summed E-state index contributed by atoms with van der Waals surface area (Å²) in [7, 11) is 0. The number of carbonyl (C=O) groups excluding carboxylic acids is 4. The third kappa shape index (κ3) is 1.46. The van der Waals surface area contributed by atoms with E-state index in [0.717, 1.165) is 32.0 Å². The minimum Gasteiger partial charge on any atom is -0.311 e. The van der Waals surface area contributed by atoms with Crippen LogP contribution in [0.25, 0.3) is 0 Å². The highest BCUT2D eigenvalue weighted by atomic mass is 16.2. The molecule has 9 heteroatoms. The van der Waals surface area contributed by atoms with Gasteiger partial charge >= 0.3 is 0 Å². The molecule has 2 amide bonds. The lowest BCUT2D eigenvalue weighted by Crippen LogP contribution is -2.83. The van der Waals surface area contributed by atoms with E-state index in [0.29, 0.717) is 0 Å². The van der Waals surface area contributed by atoms with Crippen molar-refractivity contribution in [3.63, 3.8) is 0 Å². The van der Waals surface area contributed by atoms with Crippen molar-refractivity contribution in [3.05, 3.63) is 0 Å². The maximum absolute atomic E-state index is 12.2. The summed E-state index contributed by atoms with van der Waals surface area (Å²) in [6, 6.07) is 0. The number of nitrogens with two attached hydrogens (primary N) is 1. The van der Waals surface area contributed by atoms with Crippen molar-refractivity contribution in [1.82, 2.24) is 10.2 Å². The number of carbonyl (C=O) groups is 4. The smallest absolute Gasteiger partial charge is 0.266 e. The van der Waals surface area contributed by atoms with E-state index in [2.05, 4.69) is 15.3 Å². The summed E-state index contributed by atoms with van der Waals surface area (Å²) >= 11 is 0. The number of rotatable bonds is 2. The fourth-order valence-corrected chi connectivity index (χ4v) is 2.24. The highest BCUT2D eigenvalue weighted by molar-refractivity contribution is 6.36. The molecule has 20 heavy (non-hydrogen) atoms. The van der Waals surface area contributed by atoms with Gasteiger partial charge in [-0.15, -0.1) is 0 Å². The second-order valence-corrected chi connectivity index (χ2v) is 4.59. The van der Waals surface area contributed by atoms with E-state index >= 15 is 0 Å². The first-order chi connectivity index (χ1) is 9.18. The van der Waals surface area contributed by atoms with Crippen molar-refractivity contribution in [2.45, 2.75) is 32.1 Å². The van der Waals surface area contributed by atoms with Gasteiger partial charge in [-0.05, 0) is 6.92 Å². The van der Waals surface area contributed by atoms with E-state index in [-0.39, 0.29) is 5.84 Å². The molecule has 2 unspecified atom stereocenters. The summed E-state index contributed by atoms with van der Waals surface area (Å²) in [6.45, 7) is 3.41. The van der Waals surface area contributed by atoms with Crippen LogP contribution in [0.2, 0.25) is 0 Å². The fraction of sp³-hybridized carbons (Fsp3) is 0.455. The number of hydrogen-bond donors (Lipinski definition) is 2. The number of ketones is 2. The molecule has 2 heterocycles. The first-order valence-electron chi connectivity index (χ1n) is 5.74. The van der Waals surface area contributed by atoms with Gasteiger partial charge in [0.15, 0.2) is 17.4 Å². The van der Waals surface area contributed by atoms with Crippen LogP contribution in [0.15, 0.2) is 9.98 Å². The number of nitrogens with one attached hydrogen (secondary N) is 1. The van der Waals surface area contributed by atoms with Gasteiger partial charge in [0.1, 0.15) is 6.34 Å². The van der Waals surface area contributed by atoms with Crippen LogP contribution in [-0.2, 0) is 19.2 Å². The van der Waals surface area contributed by atoms with Crippen LogP contribution in [0.5, 0.6) is 0 Å². The normalized spacial score (nSPS) is 31.5. The number of amidine groups is 1. The average Bonchev–Trinajstić information content (AvgIpc) is 2.73. The van der Waals surface area contributed by atoms with Crippen molar-refractivity contribution in [3.8, 4) is 0 Å². The maximum atomic E-state index is 12.2. The first-order valence-corrected chi connectivity index (χ1v) is 5.74. The van der Waals surface area contributed by atoms with Crippen LogP contribution in [0.1, 0.15) is 20.8 Å². The molecule has 106 valence electrons. The molecule has 2 rings (SSSR count). The van der Waals surface area contributed by atoms with E-state index in [9.17, 15) is 19.2 Å². The summed E-state index contributed by atoms with van der Waals surface area (Å²) < 4.78 is 0. The van der Waals surface area contributed by atoms with Gasteiger partial charge in [0.2, 0.25) is 11.7 Å². The summed E-state index contributed by atoms with van der Waals surface area (Å²) in [5.74, 6) is -5.15. The molecule has 0 aromatic carbocycles. The molecule has 0 bridgehead atoms. The maximum Gasteiger partial charge on any atom is 0.266 e. The highest BCUT2D eigenvalue weighted by Crippen LogP contribution is 2.30. The van der Waals surface area contributed by atoms with Crippen LogP contribution in [0.3, 0.4) is 0 Å². The Hall–Kier alpha value is -2.42. The van der Waals surface area contributed by atoms with Crippen LogP contribution < -0.4 is 11.1 Å². The predicted octanol–water partition coefficient (Wildman–Crippen LogP) is -2.07. The summed E-state index contributed by atoms with van der Waals surface area (Å²) in [5, 5.41) is 2.20. The second-order valence-electron chi connectivity index (χ2n) is 4.59. The average molecular weight is 279 g/mol. The minimum atomic E-state index is -2.08. The molecule has 2 atom stereocenters. The van der Waals surface area contributed by atoms with E-state index in [1.54, 1.807) is 0 Å². The fourth-order valence-electron chi connectivity index (χ4n) is 2.24. The monoisotopic (exact) mass is 279 g/mol. The number of hydrogen-bond acceptors (Lipinski definition) is 7. The van der Waals surface area contributed by atoms with Gasteiger partial charge < -0.3 is 5.32 Å². The van der Waals surface area contributed by atoms with Crippen LogP contribution in [0.4, 0.5) is 0 Å². The van der Waals surface area contributed by atoms with Crippen LogP contribution >= 0.6 is 0 Å². The summed E-state index contributed by atoms with van der Waals surface area (Å²) in [6.07, 6.45) is 0.998. The highest BCUT2D eigenvalue weighted by Gasteiger charge is 2.63. The Kier molecular flexibility index (Phi) is 2.82. The van der Waals surface area contributed by atoms with Gasteiger partial charge in [0.25, 0.3) is 11.4 Å². The lowest BCUT2D eigenvalue weighted by molar-refractivity contribution is -0.149. The standard InChI is InChI=1S/C11H13N5O4/c1-5(17)10-8(13-4-14-10)16(7(3)19)11(12,6(2)18)15-9(10)20/h4H,12H2,1-3H3,(H,15,20). The van der Waals surface area contributed by atoms with Gasteiger partial charge in [0.05, 0.1) is 0 Å². The SMILES string of the molecule is CC(=O)N1C2=NC=NC2(C(C)=O)C(=O)NC1(N)C(C)=O. The minimum absolute atomic E-state index is 0.251. The third-order valence-electron chi connectivity index (χ3n) is 3.31. The summed E-state index contributed by atoms with van der Waals surface area (Å²) in [5.41, 5.74) is 3.87. The zero-order valence-corrected chi connectivity index (χ0v) is 11.1. The Morgan fingerprint density at radius 3 is 2.30 bits per heavy atom. The molecule has 0 spiro atoms. The lowest BCUT2D eigenvalue weighted by atomic mass is 9.87. The van der Waals surface area contributed by atoms with Crippen molar-refractivity contribution < 1.29 is 19.2 Å². The molecule has 3 N–H and O–H groups in total. The van der Waals surface area contributed by atoms with Gasteiger partial charge in [-0.25, -0.2) is 9.98 Å². The molecule has 0 radical (unpaired) electrons.